The molecular weight excluding hydrogens is 256 g/mol. The van der Waals surface area contributed by atoms with Gasteiger partial charge >= 0.3 is 0 Å². The summed E-state index contributed by atoms with van der Waals surface area (Å²) >= 11 is 0. The van der Waals surface area contributed by atoms with Gasteiger partial charge in [0.25, 0.3) is 0 Å². The maximum absolute atomic E-state index is 11.5. The number of hydrogen-bond acceptors (Lipinski definition) is 4. The second-order valence-corrected chi connectivity index (χ2v) is 5.05. The van der Waals surface area contributed by atoms with Gasteiger partial charge in [0.2, 0.25) is 5.91 Å². The number of benzene rings is 1. The summed E-state index contributed by atoms with van der Waals surface area (Å²) in [6, 6.07) is 5.47. The molecule has 2 N–H and O–H groups in total. The van der Waals surface area contributed by atoms with Crippen molar-refractivity contribution in [3.8, 4) is 5.75 Å². The average molecular weight is 278 g/mol. The minimum absolute atomic E-state index is 0.0000914. The molecule has 5 nitrogen and oxygen atoms in total. The van der Waals surface area contributed by atoms with Gasteiger partial charge in [-0.2, -0.15) is 0 Å². The van der Waals surface area contributed by atoms with E-state index in [9.17, 15) is 9.59 Å². The smallest absolute Gasteiger partial charge is 0.231 e. The molecule has 0 bridgehead atoms. The molecule has 0 aliphatic heterocycles. The number of methoxy groups -OCH3 is 1. The van der Waals surface area contributed by atoms with E-state index in [-0.39, 0.29) is 24.3 Å². The van der Waals surface area contributed by atoms with Crippen LogP contribution < -0.4 is 10.5 Å². The first-order valence-corrected chi connectivity index (χ1v) is 6.55. The molecule has 0 saturated heterocycles. The van der Waals surface area contributed by atoms with Crippen LogP contribution in [0.2, 0.25) is 0 Å². The van der Waals surface area contributed by atoms with Crippen LogP contribution in [0, 0.1) is 0 Å². The molecule has 110 valence electrons. The maximum Gasteiger partial charge on any atom is 0.231 e. The van der Waals surface area contributed by atoms with E-state index >= 15 is 0 Å². The van der Waals surface area contributed by atoms with Crippen LogP contribution in [0.4, 0.5) is 0 Å². The van der Waals surface area contributed by atoms with Crippen molar-refractivity contribution in [1.29, 1.82) is 0 Å². The summed E-state index contributed by atoms with van der Waals surface area (Å²) in [6.45, 7) is 6.18. The summed E-state index contributed by atoms with van der Waals surface area (Å²) in [5.74, 6) is 0.324. The van der Waals surface area contributed by atoms with Crippen molar-refractivity contribution < 1.29 is 14.3 Å². The van der Waals surface area contributed by atoms with Crippen molar-refractivity contribution in [1.82, 2.24) is 4.90 Å². The highest BCUT2D eigenvalue weighted by atomic mass is 16.5. The van der Waals surface area contributed by atoms with Crippen LogP contribution in [0.3, 0.4) is 0 Å². The summed E-state index contributed by atoms with van der Waals surface area (Å²) in [6.07, 6.45) is 0. The Morgan fingerprint density at radius 1 is 1.35 bits per heavy atom. The largest absolute Gasteiger partial charge is 0.496 e. The lowest BCUT2D eigenvalue weighted by molar-refractivity contribution is -0.119. The fraction of sp³-hybridized carbons (Fsp3) is 0.467. The van der Waals surface area contributed by atoms with Gasteiger partial charge < -0.3 is 10.5 Å². The van der Waals surface area contributed by atoms with E-state index in [2.05, 4.69) is 0 Å². The third-order valence-electron chi connectivity index (χ3n) is 3.15. The first-order valence-electron chi connectivity index (χ1n) is 6.55. The molecule has 0 aliphatic rings. The number of primary amides is 1. The van der Waals surface area contributed by atoms with Crippen LogP contribution in [-0.4, -0.2) is 36.3 Å². The Morgan fingerprint density at radius 2 is 2.00 bits per heavy atom. The second kappa shape index (κ2) is 7.05. The number of amides is 1. The van der Waals surface area contributed by atoms with Crippen LogP contribution in [0.5, 0.6) is 5.75 Å². The third kappa shape index (κ3) is 4.35. The van der Waals surface area contributed by atoms with Crippen molar-refractivity contribution in [2.75, 3.05) is 13.7 Å². The molecule has 0 aliphatic carbocycles. The molecule has 0 radical (unpaired) electrons. The number of carbonyl (C=O) groups is 2. The Bertz CT molecular complexity index is 498. The van der Waals surface area contributed by atoms with E-state index in [0.717, 1.165) is 5.56 Å². The monoisotopic (exact) mass is 278 g/mol. The van der Waals surface area contributed by atoms with E-state index in [0.29, 0.717) is 17.9 Å². The van der Waals surface area contributed by atoms with Gasteiger partial charge in [0, 0.05) is 23.7 Å². The zero-order valence-electron chi connectivity index (χ0n) is 12.5. The van der Waals surface area contributed by atoms with Gasteiger partial charge in [0.05, 0.1) is 13.7 Å². The number of hydrogen-bond donors (Lipinski definition) is 1. The van der Waals surface area contributed by atoms with Gasteiger partial charge in [-0.05, 0) is 39.0 Å². The van der Waals surface area contributed by atoms with Crippen LogP contribution in [0.1, 0.15) is 36.7 Å². The summed E-state index contributed by atoms with van der Waals surface area (Å²) in [7, 11) is 1.58. The summed E-state index contributed by atoms with van der Waals surface area (Å²) in [4.78, 5) is 24.5. The standard InChI is InChI=1S/C15H22N2O3/c1-10(2)17(9-15(16)19)8-13-7-12(11(3)18)5-6-14(13)20-4/h5-7,10H,8-9H2,1-4H3,(H2,16,19). The molecule has 1 aromatic rings. The number of rotatable bonds is 7. The molecule has 0 saturated carbocycles. The normalized spacial score (nSPS) is 10.9. The van der Waals surface area contributed by atoms with Crippen LogP contribution in [-0.2, 0) is 11.3 Å². The van der Waals surface area contributed by atoms with E-state index in [1.54, 1.807) is 25.3 Å². The number of ketones is 1. The Labute approximate surface area is 119 Å². The van der Waals surface area contributed by atoms with E-state index in [4.69, 9.17) is 10.5 Å². The predicted octanol–water partition coefficient (Wildman–Crippen LogP) is 1.59. The molecular formula is C15H22N2O3. The number of Topliss-reactive ketones (excluding diaryl/α,β-unsaturated/α-hetero) is 1. The Balaban J connectivity index is 3.05. The maximum atomic E-state index is 11.5. The number of nitrogens with two attached hydrogens (primary N) is 1. The van der Waals surface area contributed by atoms with Gasteiger partial charge in [-0.1, -0.05) is 0 Å². The molecule has 0 fully saturated rings. The lowest BCUT2D eigenvalue weighted by Crippen LogP contribution is -2.38. The van der Waals surface area contributed by atoms with Crippen LogP contribution >= 0.6 is 0 Å². The lowest BCUT2D eigenvalue weighted by Gasteiger charge is -2.26. The number of ether oxygens (including phenoxy) is 1. The minimum Gasteiger partial charge on any atom is -0.496 e. The zero-order chi connectivity index (χ0) is 15.3. The fourth-order valence-corrected chi connectivity index (χ4v) is 1.96. The van der Waals surface area contributed by atoms with Crippen LogP contribution in [0.15, 0.2) is 18.2 Å². The molecule has 0 heterocycles. The van der Waals surface area contributed by atoms with E-state index in [1.165, 1.54) is 6.92 Å². The van der Waals surface area contributed by atoms with Crippen molar-refractivity contribution in [3.63, 3.8) is 0 Å². The van der Waals surface area contributed by atoms with Crippen molar-refractivity contribution in [2.45, 2.75) is 33.4 Å². The van der Waals surface area contributed by atoms with Gasteiger partial charge in [-0.15, -0.1) is 0 Å². The topological polar surface area (TPSA) is 72.6 Å². The third-order valence-corrected chi connectivity index (χ3v) is 3.15. The van der Waals surface area contributed by atoms with Gasteiger partial charge in [0.1, 0.15) is 5.75 Å². The highest BCUT2D eigenvalue weighted by Crippen LogP contribution is 2.22. The molecule has 0 spiro atoms. The average Bonchev–Trinajstić information content (AvgIpc) is 2.37. The Kier molecular flexibility index (Phi) is 5.70. The second-order valence-electron chi connectivity index (χ2n) is 5.05. The van der Waals surface area contributed by atoms with Gasteiger partial charge in [-0.3, -0.25) is 14.5 Å². The highest BCUT2D eigenvalue weighted by Gasteiger charge is 2.16. The fourth-order valence-electron chi connectivity index (χ4n) is 1.96. The Hall–Kier alpha value is -1.88. The quantitative estimate of drug-likeness (QED) is 0.769. The molecule has 1 aromatic carbocycles. The van der Waals surface area contributed by atoms with Crippen molar-refractivity contribution in [3.05, 3.63) is 29.3 Å². The molecule has 1 amide bonds. The zero-order valence-corrected chi connectivity index (χ0v) is 12.5. The molecule has 0 unspecified atom stereocenters. The highest BCUT2D eigenvalue weighted by molar-refractivity contribution is 5.94. The summed E-state index contributed by atoms with van der Waals surface area (Å²) < 4.78 is 5.31. The van der Waals surface area contributed by atoms with Crippen molar-refractivity contribution >= 4 is 11.7 Å². The summed E-state index contributed by atoms with van der Waals surface area (Å²) in [5, 5.41) is 0. The molecule has 5 heteroatoms. The molecule has 0 aromatic heterocycles. The van der Waals surface area contributed by atoms with Gasteiger partial charge in [0.15, 0.2) is 5.78 Å². The molecule has 20 heavy (non-hydrogen) atoms. The number of carbonyl (C=O) groups excluding carboxylic acids is 2. The molecule has 1 rings (SSSR count). The first kappa shape index (κ1) is 16.2. The van der Waals surface area contributed by atoms with Crippen molar-refractivity contribution in [2.24, 2.45) is 5.73 Å². The number of nitrogens with zero attached hydrogens (tertiary/aromatic N) is 1. The SMILES string of the molecule is COc1ccc(C(C)=O)cc1CN(CC(N)=O)C(C)C. The van der Waals surface area contributed by atoms with E-state index < -0.39 is 0 Å². The van der Waals surface area contributed by atoms with Crippen LogP contribution in [0.25, 0.3) is 0 Å². The first-order chi connectivity index (χ1) is 9.35. The lowest BCUT2D eigenvalue weighted by atomic mass is 10.1. The minimum atomic E-state index is -0.375. The summed E-state index contributed by atoms with van der Waals surface area (Å²) in [5.41, 5.74) is 6.77. The Morgan fingerprint density at radius 3 is 2.45 bits per heavy atom. The van der Waals surface area contributed by atoms with Gasteiger partial charge in [-0.25, -0.2) is 0 Å². The predicted molar refractivity (Wildman–Crippen MR) is 77.7 cm³/mol. The van der Waals surface area contributed by atoms with E-state index in [1.807, 2.05) is 18.7 Å². The molecule has 0 atom stereocenters.